The molecular formula is C20H28N2O4. The van der Waals surface area contributed by atoms with E-state index in [2.05, 4.69) is 10.6 Å². The maximum Gasteiger partial charge on any atom is 0.244 e. The molecule has 0 aliphatic heterocycles. The summed E-state index contributed by atoms with van der Waals surface area (Å²) in [6, 6.07) is 3.59. The highest BCUT2D eigenvalue weighted by atomic mass is 16.5. The Kier molecular flexibility index (Phi) is 10.3. The Bertz CT molecular complexity index is 630. The summed E-state index contributed by atoms with van der Waals surface area (Å²) in [6.45, 7) is 6.66. The molecule has 1 heterocycles. The molecule has 2 amide bonds. The number of carbonyl (C=O) groups is 2. The van der Waals surface area contributed by atoms with Gasteiger partial charge < -0.3 is 19.8 Å². The summed E-state index contributed by atoms with van der Waals surface area (Å²) in [4.78, 5) is 23.4. The van der Waals surface area contributed by atoms with Gasteiger partial charge in [0.05, 0.1) is 12.5 Å². The van der Waals surface area contributed by atoms with Crippen molar-refractivity contribution in [3.05, 3.63) is 54.7 Å². The number of furan rings is 1. The lowest BCUT2D eigenvalue weighted by Crippen LogP contribution is -2.25. The fourth-order valence-electron chi connectivity index (χ4n) is 2.02. The Balaban J connectivity index is 2.11. The lowest BCUT2D eigenvalue weighted by atomic mass is 10.2. The van der Waals surface area contributed by atoms with Crippen LogP contribution in [0.25, 0.3) is 5.57 Å². The molecule has 0 fully saturated rings. The molecule has 1 aromatic rings. The molecule has 0 aliphatic carbocycles. The van der Waals surface area contributed by atoms with E-state index in [0.29, 0.717) is 18.8 Å². The highest BCUT2D eigenvalue weighted by Crippen LogP contribution is 2.12. The highest BCUT2D eigenvalue weighted by Gasteiger charge is 2.02. The Morgan fingerprint density at radius 2 is 1.92 bits per heavy atom. The fourth-order valence-corrected chi connectivity index (χ4v) is 2.02. The first-order chi connectivity index (χ1) is 12.5. The standard InChI is InChI=1S/C20H28N2O4/c1-4-13-25-17(3)9-10-19(23)21-11-5-6-12-22-20(24)15-16(2)18-8-7-14-26-18/h4,7-10,13-15,17H,5-6,11-12H2,1-3H3,(H,21,23)(H,22,24)/b10-9+,13-4-,16-15+. The van der Waals surface area contributed by atoms with Gasteiger partial charge in [0.2, 0.25) is 11.8 Å². The molecule has 0 aliphatic rings. The lowest BCUT2D eigenvalue weighted by molar-refractivity contribution is -0.117. The predicted molar refractivity (Wildman–Crippen MR) is 102 cm³/mol. The first kappa shape index (κ1) is 21.3. The molecule has 6 nitrogen and oxygen atoms in total. The zero-order valence-corrected chi connectivity index (χ0v) is 15.7. The van der Waals surface area contributed by atoms with E-state index in [-0.39, 0.29) is 17.9 Å². The first-order valence-corrected chi connectivity index (χ1v) is 8.75. The summed E-state index contributed by atoms with van der Waals surface area (Å²) < 4.78 is 10.5. The van der Waals surface area contributed by atoms with Crippen LogP contribution in [0.5, 0.6) is 0 Å². The van der Waals surface area contributed by atoms with Crippen LogP contribution in [0, 0.1) is 0 Å². The third-order valence-corrected chi connectivity index (χ3v) is 3.41. The summed E-state index contributed by atoms with van der Waals surface area (Å²) in [5, 5.41) is 5.61. The minimum absolute atomic E-state index is 0.148. The van der Waals surface area contributed by atoms with Gasteiger partial charge in [0, 0.05) is 25.2 Å². The van der Waals surface area contributed by atoms with Crippen LogP contribution in [0.1, 0.15) is 39.4 Å². The molecule has 0 radical (unpaired) electrons. The molecular weight excluding hydrogens is 332 g/mol. The lowest BCUT2D eigenvalue weighted by Gasteiger charge is -2.06. The number of hydrogen-bond acceptors (Lipinski definition) is 4. The van der Waals surface area contributed by atoms with Crippen molar-refractivity contribution < 1.29 is 18.7 Å². The van der Waals surface area contributed by atoms with Crippen molar-refractivity contribution in [1.82, 2.24) is 10.6 Å². The number of nitrogens with one attached hydrogen (secondary N) is 2. The number of amides is 2. The highest BCUT2D eigenvalue weighted by molar-refractivity contribution is 5.94. The Morgan fingerprint density at radius 1 is 1.23 bits per heavy atom. The molecule has 0 bridgehead atoms. The second kappa shape index (κ2) is 12.6. The van der Waals surface area contributed by atoms with E-state index in [4.69, 9.17) is 9.15 Å². The van der Waals surface area contributed by atoms with Gasteiger partial charge in [0.15, 0.2) is 0 Å². The summed E-state index contributed by atoms with van der Waals surface area (Å²) in [7, 11) is 0. The summed E-state index contributed by atoms with van der Waals surface area (Å²) in [5.74, 6) is 0.379. The third kappa shape index (κ3) is 9.52. The number of hydrogen-bond donors (Lipinski definition) is 2. The van der Waals surface area contributed by atoms with Crippen molar-refractivity contribution in [2.75, 3.05) is 13.1 Å². The predicted octanol–water partition coefficient (Wildman–Crippen LogP) is 3.19. The largest absolute Gasteiger partial charge is 0.495 e. The van der Waals surface area contributed by atoms with Gasteiger partial charge in [-0.1, -0.05) is 6.08 Å². The molecule has 1 aromatic heterocycles. The molecule has 0 saturated carbocycles. The van der Waals surface area contributed by atoms with Crippen LogP contribution in [0.15, 0.2) is 53.4 Å². The van der Waals surface area contributed by atoms with E-state index in [9.17, 15) is 9.59 Å². The average Bonchev–Trinajstić information content (AvgIpc) is 3.15. The SMILES string of the molecule is C/C=C\OC(C)/C=C/C(=O)NCCCCNC(=O)/C=C(\C)c1ccco1. The van der Waals surface area contributed by atoms with Gasteiger partial charge in [0.25, 0.3) is 0 Å². The maximum absolute atomic E-state index is 11.8. The van der Waals surface area contributed by atoms with Crippen LogP contribution in [-0.2, 0) is 14.3 Å². The molecule has 1 unspecified atom stereocenters. The van der Waals surface area contributed by atoms with Crippen molar-refractivity contribution in [3.63, 3.8) is 0 Å². The molecule has 26 heavy (non-hydrogen) atoms. The molecule has 0 spiro atoms. The van der Waals surface area contributed by atoms with Crippen molar-refractivity contribution in [3.8, 4) is 0 Å². The molecule has 0 saturated heterocycles. The van der Waals surface area contributed by atoms with Crippen molar-refractivity contribution >= 4 is 17.4 Å². The van der Waals surface area contributed by atoms with E-state index >= 15 is 0 Å². The summed E-state index contributed by atoms with van der Waals surface area (Å²) in [6.07, 6.45) is 11.1. The molecule has 142 valence electrons. The normalized spacial score (nSPS) is 13.1. The summed E-state index contributed by atoms with van der Waals surface area (Å²) >= 11 is 0. The fraction of sp³-hybridized carbons (Fsp3) is 0.400. The van der Waals surface area contributed by atoms with E-state index in [0.717, 1.165) is 18.4 Å². The third-order valence-electron chi connectivity index (χ3n) is 3.41. The van der Waals surface area contributed by atoms with Crippen molar-refractivity contribution in [1.29, 1.82) is 0 Å². The molecule has 1 rings (SSSR count). The average molecular weight is 360 g/mol. The van der Waals surface area contributed by atoms with Crippen LogP contribution in [0.2, 0.25) is 0 Å². The number of allylic oxidation sites excluding steroid dienone is 2. The smallest absolute Gasteiger partial charge is 0.244 e. The number of carbonyl (C=O) groups excluding carboxylic acids is 2. The van der Waals surface area contributed by atoms with Crippen LogP contribution in [0.4, 0.5) is 0 Å². The number of rotatable bonds is 11. The monoisotopic (exact) mass is 360 g/mol. The Morgan fingerprint density at radius 3 is 2.54 bits per heavy atom. The zero-order valence-electron chi connectivity index (χ0n) is 15.7. The molecule has 1 atom stereocenters. The van der Waals surface area contributed by atoms with E-state index in [1.807, 2.05) is 26.8 Å². The molecule has 6 heteroatoms. The quantitative estimate of drug-likeness (QED) is 0.361. The van der Waals surface area contributed by atoms with Crippen LogP contribution in [0.3, 0.4) is 0 Å². The van der Waals surface area contributed by atoms with Gasteiger partial charge in [-0.15, -0.1) is 0 Å². The molecule has 2 N–H and O–H groups in total. The van der Waals surface area contributed by atoms with Crippen LogP contribution in [-0.4, -0.2) is 31.0 Å². The van der Waals surface area contributed by atoms with Crippen molar-refractivity contribution in [2.24, 2.45) is 0 Å². The topological polar surface area (TPSA) is 80.6 Å². The second-order valence-electron chi connectivity index (χ2n) is 5.76. The minimum Gasteiger partial charge on any atom is -0.495 e. The van der Waals surface area contributed by atoms with Gasteiger partial charge in [0.1, 0.15) is 11.9 Å². The number of unbranched alkanes of at least 4 members (excludes halogenated alkanes) is 1. The minimum atomic E-state index is -0.152. The zero-order chi connectivity index (χ0) is 19.2. The van der Waals surface area contributed by atoms with Gasteiger partial charge in [-0.3, -0.25) is 9.59 Å². The van der Waals surface area contributed by atoms with Crippen LogP contribution < -0.4 is 10.6 Å². The van der Waals surface area contributed by atoms with Gasteiger partial charge in [-0.25, -0.2) is 0 Å². The Labute approximate surface area is 155 Å². The van der Waals surface area contributed by atoms with Crippen molar-refractivity contribution in [2.45, 2.75) is 39.7 Å². The second-order valence-corrected chi connectivity index (χ2v) is 5.76. The maximum atomic E-state index is 11.8. The molecule has 0 aromatic carbocycles. The van der Waals surface area contributed by atoms with E-state index in [1.54, 1.807) is 30.7 Å². The first-order valence-electron chi connectivity index (χ1n) is 8.75. The van der Waals surface area contributed by atoms with Gasteiger partial charge in [-0.2, -0.15) is 0 Å². The van der Waals surface area contributed by atoms with E-state index in [1.165, 1.54) is 12.2 Å². The Hall–Kier alpha value is -2.76. The van der Waals surface area contributed by atoms with Crippen LogP contribution >= 0.6 is 0 Å². The van der Waals surface area contributed by atoms with Gasteiger partial charge >= 0.3 is 0 Å². The van der Waals surface area contributed by atoms with Gasteiger partial charge in [-0.05, 0) is 57.4 Å². The summed E-state index contributed by atoms with van der Waals surface area (Å²) in [5.41, 5.74) is 0.777. The van der Waals surface area contributed by atoms with E-state index < -0.39 is 0 Å². The number of ether oxygens (including phenoxy) is 1.